The van der Waals surface area contributed by atoms with E-state index in [1.54, 1.807) is 17.7 Å². The Hall–Kier alpha value is -2.01. The standard InChI is InChI=1S/C13H12N4S/c1-5-14-6-2-10(1)3-7-15-12-11-4-8-18-13(11)17-9-16-12/h1-2,4-6,8-9H,3,7H2,(H,15,16,17). The summed E-state index contributed by atoms with van der Waals surface area (Å²) in [6.45, 7) is 0.853. The average Bonchev–Trinajstić information content (AvgIpc) is 2.89. The van der Waals surface area contributed by atoms with Crippen molar-refractivity contribution in [3.05, 3.63) is 47.9 Å². The second-order valence-electron chi connectivity index (χ2n) is 3.89. The molecule has 1 N–H and O–H groups in total. The highest BCUT2D eigenvalue weighted by molar-refractivity contribution is 7.16. The Kier molecular flexibility index (Phi) is 3.14. The molecule has 0 spiro atoms. The molecule has 0 saturated heterocycles. The van der Waals surface area contributed by atoms with Crippen LogP contribution in [0.1, 0.15) is 5.56 Å². The van der Waals surface area contributed by atoms with Gasteiger partial charge in [-0.3, -0.25) is 4.98 Å². The van der Waals surface area contributed by atoms with Gasteiger partial charge in [-0.25, -0.2) is 9.97 Å². The van der Waals surface area contributed by atoms with E-state index in [0.29, 0.717) is 0 Å². The molecule has 4 nitrogen and oxygen atoms in total. The van der Waals surface area contributed by atoms with Gasteiger partial charge in [-0.05, 0) is 35.6 Å². The first kappa shape index (κ1) is 11.1. The van der Waals surface area contributed by atoms with Crippen molar-refractivity contribution in [3.8, 4) is 0 Å². The van der Waals surface area contributed by atoms with Crippen LogP contribution in [-0.2, 0) is 6.42 Å². The van der Waals surface area contributed by atoms with Gasteiger partial charge in [0, 0.05) is 18.9 Å². The van der Waals surface area contributed by atoms with Gasteiger partial charge in [0.25, 0.3) is 0 Å². The first-order valence-corrected chi connectivity index (χ1v) is 6.62. The van der Waals surface area contributed by atoms with Crippen LogP contribution in [0.4, 0.5) is 5.82 Å². The lowest BCUT2D eigenvalue weighted by Crippen LogP contribution is -2.06. The lowest BCUT2D eigenvalue weighted by molar-refractivity contribution is 1.00. The number of nitrogens with zero attached hydrogens (tertiary/aromatic N) is 3. The smallest absolute Gasteiger partial charge is 0.138 e. The van der Waals surface area contributed by atoms with Crippen molar-refractivity contribution in [2.45, 2.75) is 6.42 Å². The van der Waals surface area contributed by atoms with E-state index in [4.69, 9.17) is 0 Å². The zero-order valence-corrected chi connectivity index (χ0v) is 10.5. The van der Waals surface area contributed by atoms with Crippen LogP contribution >= 0.6 is 11.3 Å². The molecule has 0 aliphatic carbocycles. The van der Waals surface area contributed by atoms with Gasteiger partial charge in [0.05, 0.1) is 5.39 Å². The Morgan fingerprint density at radius 2 is 2.00 bits per heavy atom. The zero-order valence-electron chi connectivity index (χ0n) is 9.71. The van der Waals surface area contributed by atoms with Gasteiger partial charge in [-0.1, -0.05) is 0 Å². The summed E-state index contributed by atoms with van der Waals surface area (Å²) in [6.07, 6.45) is 6.19. The molecule has 3 aromatic rings. The molecule has 0 aromatic carbocycles. The fourth-order valence-electron chi connectivity index (χ4n) is 1.81. The van der Waals surface area contributed by atoms with Crippen LogP contribution in [0, 0.1) is 0 Å². The largest absolute Gasteiger partial charge is 0.369 e. The minimum Gasteiger partial charge on any atom is -0.369 e. The lowest BCUT2D eigenvalue weighted by atomic mass is 10.2. The van der Waals surface area contributed by atoms with Gasteiger partial charge in [-0.15, -0.1) is 11.3 Å². The number of hydrogen-bond donors (Lipinski definition) is 1. The Morgan fingerprint density at radius 3 is 2.89 bits per heavy atom. The summed E-state index contributed by atoms with van der Waals surface area (Å²) in [6, 6.07) is 6.11. The van der Waals surface area contributed by atoms with Gasteiger partial charge < -0.3 is 5.32 Å². The second-order valence-corrected chi connectivity index (χ2v) is 4.79. The number of nitrogens with one attached hydrogen (secondary N) is 1. The fraction of sp³-hybridized carbons (Fsp3) is 0.154. The number of aromatic nitrogens is 3. The van der Waals surface area contributed by atoms with Crippen molar-refractivity contribution in [2.75, 3.05) is 11.9 Å². The van der Waals surface area contributed by atoms with Crippen molar-refractivity contribution >= 4 is 27.4 Å². The Bertz CT molecular complexity index is 636. The van der Waals surface area contributed by atoms with E-state index in [2.05, 4.69) is 26.3 Å². The van der Waals surface area contributed by atoms with Gasteiger partial charge in [0.2, 0.25) is 0 Å². The molecule has 0 amide bonds. The molecule has 18 heavy (non-hydrogen) atoms. The molecule has 0 aliphatic rings. The SMILES string of the molecule is c1cc(CCNc2ncnc3sccc23)ccn1. The first-order chi connectivity index (χ1) is 8.93. The molecular weight excluding hydrogens is 244 g/mol. The monoisotopic (exact) mass is 256 g/mol. The topological polar surface area (TPSA) is 50.7 Å². The fourth-order valence-corrected chi connectivity index (χ4v) is 2.54. The molecule has 0 unspecified atom stereocenters. The number of rotatable bonds is 4. The average molecular weight is 256 g/mol. The van der Waals surface area contributed by atoms with Crippen LogP contribution in [-0.4, -0.2) is 21.5 Å². The molecule has 3 rings (SSSR count). The maximum atomic E-state index is 4.28. The third kappa shape index (κ3) is 2.31. The summed E-state index contributed by atoms with van der Waals surface area (Å²) in [4.78, 5) is 13.5. The summed E-state index contributed by atoms with van der Waals surface area (Å²) >= 11 is 1.63. The predicted octanol–water partition coefficient (Wildman–Crippen LogP) is 2.74. The minimum atomic E-state index is 0.853. The van der Waals surface area contributed by atoms with Crippen LogP contribution in [0.3, 0.4) is 0 Å². The van der Waals surface area contributed by atoms with E-state index in [9.17, 15) is 0 Å². The van der Waals surface area contributed by atoms with Crippen LogP contribution in [0.5, 0.6) is 0 Å². The number of pyridine rings is 1. The van der Waals surface area contributed by atoms with Crippen molar-refractivity contribution in [3.63, 3.8) is 0 Å². The van der Waals surface area contributed by atoms with Gasteiger partial charge in [-0.2, -0.15) is 0 Å². The molecule has 3 aromatic heterocycles. The summed E-state index contributed by atoms with van der Waals surface area (Å²) in [7, 11) is 0. The van der Waals surface area contributed by atoms with Crippen LogP contribution in [0.2, 0.25) is 0 Å². The Labute approximate surface area is 109 Å². The molecule has 90 valence electrons. The number of thiophene rings is 1. The van der Waals surface area contributed by atoms with Gasteiger partial charge >= 0.3 is 0 Å². The lowest BCUT2D eigenvalue weighted by Gasteiger charge is -2.06. The summed E-state index contributed by atoms with van der Waals surface area (Å²) in [5, 5.41) is 6.49. The molecule has 0 atom stereocenters. The Morgan fingerprint density at radius 1 is 1.11 bits per heavy atom. The molecule has 0 aliphatic heterocycles. The molecule has 0 bridgehead atoms. The summed E-state index contributed by atoms with van der Waals surface area (Å²) in [5.74, 6) is 0.912. The molecule has 3 heterocycles. The molecule has 5 heteroatoms. The van der Waals surface area contributed by atoms with Crippen molar-refractivity contribution in [2.24, 2.45) is 0 Å². The van der Waals surface area contributed by atoms with E-state index in [1.807, 2.05) is 29.9 Å². The van der Waals surface area contributed by atoms with Crippen molar-refractivity contribution in [1.82, 2.24) is 15.0 Å². The quantitative estimate of drug-likeness (QED) is 0.779. The number of fused-ring (bicyclic) bond motifs is 1. The summed E-state index contributed by atoms with van der Waals surface area (Å²) < 4.78 is 0. The van der Waals surface area contributed by atoms with Crippen LogP contribution in [0.15, 0.2) is 42.3 Å². The first-order valence-electron chi connectivity index (χ1n) is 5.74. The maximum Gasteiger partial charge on any atom is 0.138 e. The van der Waals surface area contributed by atoms with Crippen LogP contribution < -0.4 is 5.32 Å². The van der Waals surface area contributed by atoms with Gasteiger partial charge in [0.15, 0.2) is 0 Å². The highest BCUT2D eigenvalue weighted by Crippen LogP contribution is 2.23. The van der Waals surface area contributed by atoms with E-state index in [1.165, 1.54) is 5.56 Å². The normalized spacial score (nSPS) is 10.7. The predicted molar refractivity (Wildman–Crippen MR) is 73.8 cm³/mol. The highest BCUT2D eigenvalue weighted by Gasteiger charge is 2.03. The Balaban J connectivity index is 1.68. The number of anilines is 1. The van der Waals surface area contributed by atoms with Crippen molar-refractivity contribution in [1.29, 1.82) is 0 Å². The van der Waals surface area contributed by atoms with Crippen LogP contribution in [0.25, 0.3) is 10.2 Å². The molecule has 0 saturated carbocycles. The molecule has 0 radical (unpaired) electrons. The molecule has 0 fully saturated rings. The minimum absolute atomic E-state index is 0.853. The van der Waals surface area contributed by atoms with Crippen molar-refractivity contribution < 1.29 is 0 Å². The summed E-state index contributed by atoms with van der Waals surface area (Å²) in [5.41, 5.74) is 1.27. The third-order valence-electron chi connectivity index (χ3n) is 2.72. The molecular formula is C13H12N4S. The van der Waals surface area contributed by atoms with E-state index in [-0.39, 0.29) is 0 Å². The maximum absolute atomic E-state index is 4.28. The third-order valence-corrected chi connectivity index (χ3v) is 3.54. The van der Waals surface area contributed by atoms with Gasteiger partial charge in [0.1, 0.15) is 17.0 Å². The zero-order chi connectivity index (χ0) is 12.2. The highest BCUT2D eigenvalue weighted by atomic mass is 32.1. The van der Waals surface area contributed by atoms with E-state index >= 15 is 0 Å². The number of hydrogen-bond acceptors (Lipinski definition) is 5. The van der Waals surface area contributed by atoms with E-state index < -0.39 is 0 Å². The second kappa shape index (κ2) is 5.10. The van der Waals surface area contributed by atoms with E-state index in [0.717, 1.165) is 29.0 Å².